The molecule has 0 spiro atoms. The van der Waals surface area contributed by atoms with E-state index in [0.29, 0.717) is 6.10 Å². The van der Waals surface area contributed by atoms with Gasteiger partial charge in [0.05, 0.1) is 0 Å². The molecule has 2 rings (SSSR count). The van der Waals surface area contributed by atoms with Crippen molar-refractivity contribution >= 4 is 11.6 Å². The lowest BCUT2D eigenvalue weighted by molar-refractivity contribution is 0.162. The van der Waals surface area contributed by atoms with Crippen molar-refractivity contribution in [3.05, 3.63) is 28.8 Å². The van der Waals surface area contributed by atoms with Crippen LogP contribution >= 0.6 is 11.6 Å². The van der Waals surface area contributed by atoms with Crippen LogP contribution in [0.3, 0.4) is 0 Å². The Labute approximate surface area is 95.6 Å². The van der Waals surface area contributed by atoms with Crippen LogP contribution in [0.4, 0.5) is 0 Å². The fourth-order valence-electron chi connectivity index (χ4n) is 1.80. The summed E-state index contributed by atoms with van der Waals surface area (Å²) in [5.74, 6) is 0.934. The Morgan fingerprint density at radius 2 is 2.07 bits per heavy atom. The lowest BCUT2D eigenvalue weighted by atomic mass is 10.1. The minimum absolute atomic E-state index is 0.354. The molecule has 2 nitrogen and oxygen atoms in total. The van der Waals surface area contributed by atoms with Gasteiger partial charge in [-0.3, -0.25) is 0 Å². The highest BCUT2D eigenvalue weighted by Crippen LogP contribution is 2.23. The number of rotatable bonds is 2. The summed E-state index contributed by atoms with van der Waals surface area (Å²) in [4.78, 5) is 0. The number of ether oxygens (including phenoxy) is 1. The van der Waals surface area contributed by atoms with Crippen LogP contribution in [0.1, 0.15) is 18.4 Å². The Morgan fingerprint density at radius 1 is 1.33 bits per heavy atom. The van der Waals surface area contributed by atoms with E-state index < -0.39 is 0 Å². The summed E-state index contributed by atoms with van der Waals surface area (Å²) in [6.07, 6.45) is 2.52. The maximum atomic E-state index is 5.96. The van der Waals surface area contributed by atoms with Crippen LogP contribution in [-0.2, 0) is 0 Å². The zero-order valence-corrected chi connectivity index (χ0v) is 9.68. The maximum Gasteiger partial charge on any atom is 0.120 e. The van der Waals surface area contributed by atoms with Crippen molar-refractivity contribution < 1.29 is 4.74 Å². The molecule has 0 atom stereocenters. The van der Waals surface area contributed by atoms with Crippen LogP contribution in [0.5, 0.6) is 5.75 Å². The highest BCUT2D eigenvalue weighted by atomic mass is 35.5. The molecule has 1 saturated heterocycles. The summed E-state index contributed by atoms with van der Waals surface area (Å²) in [7, 11) is 0. The van der Waals surface area contributed by atoms with Crippen LogP contribution in [0.2, 0.25) is 5.02 Å². The Bertz CT molecular complexity index is 334. The zero-order valence-electron chi connectivity index (χ0n) is 8.92. The smallest absolute Gasteiger partial charge is 0.120 e. The molecule has 0 amide bonds. The second-order valence-corrected chi connectivity index (χ2v) is 4.39. The molecule has 1 heterocycles. The van der Waals surface area contributed by atoms with Gasteiger partial charge in [0.2, 0.25) is 0 Å². The van der Waals surface area contributed by atoms with Gasteiger partial charge >= 0.3 is 0 Å². The van der Waals surface area contributed by atoms with E-state index in [2.05, 4.69) is 5.32 Å². The fourth-order valence-corrected chi connectivity index (χ4v) is 1.91. The summed E-state index contributed by atoms with van der Waals surface area (Å²) in [6, 6.07) is 5.84. The number of halogens is 1. The van der Waals surface area contributed by atoms with Crippen LogP contribution in [0.25, 0.3) is 0 Å². The predicted molar refractivity (Wildman–Crippen MR) is 62.7 cm³/mol. The van der Waals surface area contributed by atoms with E-state index in [0.717, 1.165) is 42.3 Å². The van der Waals surface area contributed by atoms with E-state index in [1.165, 1.54) is 0 Å². The third kappa shape index (κ3) is 2.86. The first-order valence-corrected chi connectivity index (χ1v) is 5.77. The van der Waals surface area contributed by atoms with E-state index in [4.69, 9.17) is 16.3 Å². The van der Waals surface area contributed by atoms with E-state index >= 15 is 0 Å². The van der Waals surface area contributed by atoms with Crippen LogP contribution in [0, 0.1) is 6.92 Å². The van der Waals surface area contributed by atoms with Crippen LogP contribution in [-0.4, -0.2) is 19.2 Å². The normalized spacial score (nSPS) is 17.7. The van der Waals surface area contributed by atoms with Crippen LogP contribution < -0.4 is 10.1 Å². The molecule has 0 aliphatic carbocycles. The standard InChI is InChI=1S/C12H16ClNO/c1-9-8-11(2-3-12(9)13)15-10-4-6-14-7-5-10/h2-3,8,10,14H,4-7H2,1H3. The number of aryl methyl sites for hydroxylation is 1. The molecule has 3 heteroatoms. The summed E-state index contributed by atoms with van der Waals surface area (Å²) in [5.41, 5.74) is 1.07. The third-order valence-corrected chi connectivity index (χ3v) is 3.14. The first-order valence-electron chi connectivity index (χ1n) is 5.39. The minimum atomic E-state index is 0.354. The number of hydrogen-bond acceptors (Lipinski definition) is 2. The molecule has 1 aliphatic rings. The Hall–Kier alpha value is -0.730. The summed E-state index contributed by atoms with van der Waals surface area (Å²) in [5, 5.41) is 4.12. The van der Waals surface area contributed by atoms with E-state index in [1.54, 1.807) is 0 Å². The molecule has 0 aromatic heterocycles. The Morgan fingerprint density at radius 3 is 2.73 bits per heavy atom. The summed E-state index contributed by atoms with van der Waals surface area (Å²) < 4.78 is 5.89. The quantitative estimate of drug-likeness (QED) is 0.836. The first-order chi connectivity index (χ1) is 7.25. The molecule has 0 saturated carbocycles. The number of nitrogens with one attached hydrogen (secondary N) is 1. The molecule has 0 radical (unpaired) electrons. The Kier molecular flexibility index (Phi) is 3.49. The lowest BCUT2D eigenvalue weighted by Crippen LogP contribution is -2.34. The fraction of sp³-hybridized carbons (Fsp3) is 0.500. The van der Waals surface area contributed by atoms with Crippen molar-refractivity contribution in [1.29, 1.82) is 0 Å². The minimum Gasteiger partial charge on any atom is -0.490 e. The molecular formula is C12H16ClNO. The molecule has 15 heavy (non-hydrogen) atoms. The maximum absolute atomic E-state index is 5.96. The van der Waals surface area contributed by atoms with Crippen molar-refractivity contribution in [2.24, 2.45) is 0 Å². The predicted octanol–water partition coefficient (Wildman–Crippen LogP) is 2.78. The van der Waals surface area contributed by atoms with Gasteiger partial charge in [0, 0.05) is 5.02 Å². The third-order valence-electron chi connectivity index (χ3n) is 2.72. The number of piperidine rings is 1. The lowest BCUT2D eigenvalue weighted by Gasteiger charge is -2.24. The largest absolute Gasteiger partial charge is 0.490 e. The molecule has 1 aliphatic heterocycles. The van der Waals surface area contributed by atoms with Gasteiger partial charge in [0.25, 0.3) is 0 Å². The van der Waals surface area contributed by atoms with Gasteiger partial charge in [-0.15, -0.1) is 0 Å². The van der Waals surface area contributed by atoms with Gasteiger partial charge in [0.15, 0.2) is 0 Å². The van der Waals surface area contributed by atoms with Crippen molar-refractivity contribution in [1.82, 2.24) is 5.32 Å². The highest BCUT2D eigenvalue weighted by molar-refractivity contribution is 6.31. The van der Waals surface area contributed by atoms with Crippen LogP contribution in [0.15, 0.2) is 18.2 Å². The van der Waals surface area contributed by atoms with Crippen molar-refractivity contribution in [2.45, 2.75) is 25.9 Å². The average molecular weight is 226 g/mol. The van der Waals surface area contributed by atoms with Gasteiger partial charge in [-0.05, 0) is 56.6 Å². The average Bonchev–Trinajstić information content (AvgIpc) is 2.25. The number of hydrogen-bond donors (Lipinski definition) is 1. The Balaban J connectivity index is 2.00. The molecule has 0 unspecified atom stereocenters. The van der Waals surface area contributed by atoms with Gasteiger partial charge in [0.1, 0.15) is 11.9 Å². The molecule has 1 aromatic carbocycles. The number of benzene rings is 1. The second kappa shape index (κ2) is 4.86. The van der Waals surface area contributed by atoms with Gasteiger partial charge in [-0.25, -0.2) is 0 Å². The van der Waals surface area contributed by atoms with Gasteiger partial charge < -0.3 is 10.1 Å². The summed E-state index contributed by atoms with van der Waals surface area (Å²) in [6.45, 7) is 4.10. The molecule has 0 bridgehead atoms. The van der Waals surface area contributed by atoms with Crippen molar-refractivity contribution in [3.8, 4) is 5.75 Å². The van der Waals surface area contributed by atoms with Crippen molar-refractivity contribution in [3.63, 3.8) is 0 Å². The topological polar surface area (TPSA) is 21.3 Å². The highest BCUT2D eigenvalue weighted by Gasteiger charge is 2.14. The van der Waals surface area contributed by atoms with Crippen molar-refractivity contribution in [2.75, 3.05) is 13.1 Å². The van der Waals surface area contributed by atoms with E-state index in [1.807, 2.05) is 25.1 Å². The monoisotopic (exact) mass is 225 g/mol. The molecule has 1 N–H and O–H groups in total. The summed E-state index contributed by atoms with van der Waals surface area (Å²) >= 11 is 5.96. The molecule has 1 fully saturated rings. The van der Waals surface area contributed by atoms with E-state index in [-0.39, 0.29) is 0 Å². The molecule has 1 aromatic rings. The molecule has 82 valence electrons. The zero-order chi connectivity index (χ0) is 10.7. The first kappa shape index (κ1) is 10.8. The van der Waals surface area contributed by atoms with Gasteiger partial charge in [-0.2, -0.15) is 0 Å². The molecular weight excluding hydrogens is 210 g/mol. The van der Waals surface area contributed by atoms with Gasteiger partial charge in [-0.1, -0.05) is 11.6 Å². The SMILES string of the molecule is Cc1cc(OC2CCNCC2)ccc1Cl. The van der Waals surface area contributed by atoms with E-state index in [9.17, 15) is 0 Å². The second-order valence-electron chi connectivity index (χ2n) is 3.98.